The lowest BCUT2D eigenvalue weighted by molar-refractivity contribution is -0.374. The lowest BCUT2D eigenvalue weighted by atomic mass is 9.73. The van der Waals surface area contributed by atoms with Gasteiger partial charge in [-0.15, -0.1) is 0 Å². The molecule has 0 saturated heterocycles. The zero-order valence-electron chi connectivity index (χ0n) is 46.9. The number of hydrogen-bond donors (Lipinski definition) is 0. The van der Waals surface area contributed by atoms with E-state index in [4.69, 9.17) is 23.7 Å². The number of allylic oxidation sites excluding steroid dienone is 7. The molecule has 0 radical (unpaired) electrons. The molecule has 0 aromatic heterocycles. The molecule has 0 fully saturated rings. The molecule has 0 aliphatic carbocycles. The monoisotopic (exact) mass is 1360 g/mol. The summed E-state index contributed by atoms with van der Waals surface area (Å²) in [5.74, 6) is -38.1. The normalized spacial score (nSPS) is 15.0. The Labute approximate surface area is 505 Å². The highest BCUT2D eigenvalue weighted by Crippen LogP contribution is 2.58. The lowest BCUT2D eigenvalue weighted by Crippen LogP contribution is -2.54. The van der Waals surface area contributed by atoms with Crippen molar-refractivity contribution >= 4 is 11.9 Å². The number of benzene rings is 4. The summed E-state index contributed by atoms with van der Waals surface area (Å²) in [7, 11) is 0. The third kappa shape index (κ3) is 17.4. The molecular formula is C59H48F24O9. The maximum atomic E-state index is 16.2. The molecule has 0 N–H and O–H groups in total. The van der Waals surface area contributed by atoms with E-state index in [9.17, 15) is 66.7 Å². The van der Waals surface area contributed by atoms with Crippen LogP contribution in [-0.2, 0) is 34.6 Å². The van der Waals surface area contributed by atoms with Crippen molar-refractivity contribution in [2.75, 3.05) is 39.7 Å². The summed E-state index contributed by atoms with van der Waals surface area (Å²) >= 11 is 0. The number of unbranched alkanes of at least 4 members (excludes halogenated alkanes) is 3. The number of carbonyl (C=O) groups is 2. The van der Waals surface area contributed by atoms with Crippen molar-refractivity contribution < 1.29 is 148 Å². The van der Waals surface area contributed by atoms with Gasteiger partial charge in [0, 0.05) is 18.8 Å². The summed E-state index contributed by atoms with van der Waals surface area (Å²) in [6, 6.07) is 7.24. The van der Waals surface area contributed by atoms with Gasteiger partial charge in [0.15, 0.2) is 29.4 Å². The Bertz CT molecular complexity index is 3250. The van der Waals surface area contributed by atoms with Crippen molar-refractivity contribution in [3.05, 3.63) is 191 Å². The minimum absolute atomic E-state index is 0.0863. The van der Waals surface area contributed by atoms with Gasteiger partial charge in [-0.1, -0.05) is 87.9 Å². The molecule has 2 atom stereocenters. The number of hydrogen-bond acceptors (Lipinski definition) is 9. The molecule has 0 aliphatic rings. The average molecular weight is 1360 g/mol. The maximum absolute atomic E-state index is 16.2. The number of rotatable bonds is 32. The van der Waals surface area contributed by atoms with E-state index in [1.807, 2.05) is 0 Å². The fraction of sp³-hybridized carbons (Fsp3) is 0.356. The van der Waals surface area contributed by atoms with Gasteiger partial charge >= 0.3 is 48.6 Å². The molecule has 0 aliphatic heterocycles. The van der Waals surface area contributed by atoms with Crippen molar-refractivity contribution in [2.24, 2.45) is 0 Å². The second-order valence-corrected chi connectivity index (χ2v) is 18.9. The van der Waals surface area contributed by atoms with Crippen LogP contribution < -0.4 is 18.9 Å². The number of ether oxygens (including phenoxy) is 7. The van der Waals surface area contributed by atoms with Crippen LogP contribution in [0.1, 0.15) is 61.3 Å². The zero-order chi connectivity index (χ0) is 69.4. The summed E-state index contributed by atoms with van der Waals surface area (Å²) in [6.07, 6.45) is -31.5. The second-order valence-electron chi connectivity index (χ2n) is 18.9. The van der Waals surface area contributed by atoms with E-state index in [0.29, 0.717) is 110 Å². The van der Waals surface area contributed by atoms with Gasteiger partial charge in [0.05, 0.1) is 19.8 Å². The van der Waals surface area contributed by atoms with Crippen molar-refractivity contribution in [2.45, 2.75) is 92.6 Å². The van der Waals surface area contributed by atoms with E-state index < -0.39 is 204 Å². The first kappa shape index (κ1) is 76.5. The van der Waals surface area contributed by atoms with E-state index >= 15 is 48.3 Å². The van der Waals surface area contributed by atoms with Crippen LogP contribution in [-0.4, -0.2) is 94.4 Å². The fourth-order valence-corrected chi connectivity index (χ4v) is 8.39. The van der Waals surface area contributed by atoms with E-state index in [1.165, 1.54) is 0 Å². The number of alkyl halides is 16. The molecular weight excluding hydrogens is 1310 g/mol. The van der Waals surface area contributed by atoms with Gasteiger partial charge in [-0.2, -0.15) is 65.9 Å². The smallest absolute Gasteiger partial charge is 0.421 e. The van der Waals surface area contributed by atoms with Crippen LogP contribution in [0.15, 0.2) is 169 Å². The minimum Gasteiger partial charge on any atom is -0.490 e. The number of halogens is 24. The molecule has 4 aromatic carbocycles. The van der Waals surface area contributed by atoms with Gasteiger partial charge in [-0.3, -0.25) is 0 Å². The first-order chi connectivity index (χ1) is 42.8. The van der Waals surface area contributed by atoms with Crippen LogP contribution >= 0.6 is 0 Å². The lowest BCUT2D eigenvalue weighted by Gasteiger charge is -2.38. The topological polar surface area (TPSA) is 98.8 Å². The Morgan fingerprint density at radius 3 is 1.20 bits per heavy atom. The molecule has 4 aromatic rings. The van der Waals surface area contributed by atoms with E-state index in [-0.39, 0.29) is 25.0 Å². The predicted molar refractivity (Wildman–Crippen MR) is 276 cm³/mol. The van der Waals surface area contributed by atoms with Crippen molar-refractivity contribution in [3.8, 4) is 23.0 Å². The Hall–Kier alpha value is -7.94. The SMILES string of the molecule is C=CC(=O)Oc1ccc(C(c2ccc(OCC(COCCCOC(F)(/C(F)=C(F)/C(F)=C(F)/C(F)=C(F)/C(F)=C(\F)CF)C(F)(F)OCCCCCC)Oc3ccc(C(c4ccc(OC(=O)C=C)cc4)(C(F)(F)F)C(F)(F)F)cc3)cc2)(C(F)(F)F)C(F)(F)F)cc1. The Morgan fingerprint density at radius 2 is 0.815 bits per heavy atom. The van der Waals surface area contributed by atoms with Gasteiger partial charge in [0.25, 0.3) is 0 Å². The molecule has 33 heteroatoms. The average Bonchev–Trinajstić information content (AvgIpc) is 0.732. The maximum Gasteiger partial charge on any atom is 0.421 e. The fourth-order valence-electron chi connectivity index (χ4n) is 8.39. The summed E-state index contributed by atoms with van der Waals surface area (Å²) in [4.78, 5) is 23.2. The molecule has 0 amide bonds. The molecule has 0 bridgehead atoms. The molecule has 9 nitrogen and oxygen atoms in total. The predicted octanol–water partition coefficient (Wildman–Crippen LogP) is 18.4. The van der Waals surface area contributed by atoms with Crippen LogP contribution in [0.3, 0.4) is 0 Å². The van der Waals surface area contributed by atoms with Gasteiger partial charge in [-0.25, -0.2) is 49.1 Å². The van der Waals surface area contributed by atoms with Gasteiger partial charge < -0.3 is 33.2 Å². The van der Waals surface area contributed by atoms with Crippen molar-refractivity contribution in [1.29, 1.82) is 0 Å². The molecule has 2 unspecified atom stereocenters. The Balaban J connectivity index is 1.74. The summed E-state index contributed by atoms with van der Waals surface area (Å²) in [5.41, 5.74) is -15.6. The van der Waals surface area contributed by atoms with E-state index in [0.717, 1.165) is 0 Å². The third-order valence-electron chi connectivity index (χ3n) is 12.8. The summed E-state index contributed by atoms with van der Waals surface area (Å²) in [6.45, 7) is -0.479. The van der Waals surface area contributed by atoms with E-state index in [2.05, 4.69) is 22.6 Å². The molecule has 0 spiro atoms. The zero-order valence-corrected chi connectivity index (χ0v) is 46.9. The largest absolute Gasteiger partial charge is 0.490 e. The van der Waals surface area contributed by atoms with Crippen molar-refractivity contribution in [3.63, 3.8) is 0 Å². The molecule has 0 heterocycles. The van der Waals surface area contributed by atoms with Crippen LogP contribution in [0.2, 0.25) is 0 Å². The van der Waals surface area contributed by atoms with Crippen molar-refractivity contribution in [1.82, 2.24) is 0 Å². The molecule has 4 rings (SSSR count). The van der Waals surface area contributed by atoms with Crippen LogP contribution in [0.25, 0.3) is 0 Å². The van der Waals surface area contributed by atoms with Gasteiger partial charge in [-0.05, 0) is 83.6 Å². The molecule has 0 saturated carbocycles. The van der Waals surface area contributed by atoms with Crippen LogP contribution in [0.5, 0.6) is 23.0 Å². The molecule has 506 valence electrons. The minimum atomic E-state index is -6.21. The summed E-state index contributed by atoms with van der Waals surface area (Å²) in [5, 5.41) is 0. The highest BCUT2D eigenvalue weighted by molar-refractivity contribution is 5.83. The first-order valence-corrected chi connectivity index (χ1v) is 26.1. The first-order valence-electron chi connectivity index (χ1n) is 26.1. The quantitative estimate of drug-likeness (QED) is 0.0118. The number of carbonyl (C=O) groups excluding carboxylic acids is 2. The highest BCUT2D eigenvalue weighted by atomic mass is 19.4. The number of esters is 2. The molecule has 92 heavy (non-hydrogen) atoms. The third-order valence-corrected chi connectivity index (χ3v) is 12.8. The Morgan fingerprint density at radius 1 is 0.446 bits per heavy atom. The van der Waals surface area contributed by atoms with Crippen LogP contribution in [0, 0.1) is 0 Å². The van der Waals surface area contributed by atoms with Gasteiger partial charge in [0.1, 0.15) is 36.3 Å². The summed E-state index contributed by atoms with van der Waals surface area (Å²) < 4.78 is 388. The highest BCUT2D eigenvalue weighted by Gasteiger charge is 2.74. The standard InChI is InChI=1S/C59H48F24O9/c1-4-7-8-9-28-89-59(82,83)54(69,51(68)50(67)49(66)48(65)47(64)46(63)45(62)42(61)30-60)88-29-10-27-86-31-41(90-38-21-13-34(14-22-38)53(57(76,77)78,58(79,80)81)36-17-25-40(26-18-36)92-44(85)6-3)32-87-37-19-11-33(12-20-37)52(55(70,71)72,56(73,74)75)35-15-23-39(24-16-35)91-43(84)5-2/h5-6,11-26,41H,2-4,7-10,27-32H2,1H3/b45-42+,47-46+,49-48+,51-50+. The van der Waals surface area contributed by atoms with Gasteiger partial charge in [0.2, 0.25) is 34.1 Å². The second kappa shape index (κ2) is 31.6. The van der Waals surface area contributed by atoms with Crippen LogP contribution in [0.4, 0.5) is 105 Å². The van der Waals surface area contributed by atoms with E-state index in [1.54, 1.807) is 6.92 Å². The Kier molecular flexibility index (Phi) is 26.3.